The van der Waals surface area contributed by atoms with Gasteiger partial charge in [0.25, 0.3) is 0 Å². The van der Waals surface area contributed by atoms with Gasteiger partial charge in [-0.05, 0) is 49.7 Å². The maximum absolute atomic E-state index is 13.2. The molecule has 0 N–H and O–H groups in total. The van der Waals surface area contributed by atoms with Gasteiger partial charge >= 0.3 is 0 Å². The molecule has 0 aliphatic carbocycles. The van der Waals surface area contributed by atoms with E-state index in [0.717, 1.165) is 25.2 Å². The fraction of sp³-hybridized carbons (Fsp3) is 0.316. The molecule has 23 heavy (non-hydrogen) atoms. The van der Waals surface area contributed by atoms with E-state index in [1.54, 1.807) is 0 Å². The Hall–Kier alpha value is -1.71. The first-order chi connectivity index (χ1) is 11.1. The third-order valence-corrected chi connectivity index (χ3v) is 4.59. The molecule has 0 saturated carbocycles. The fourth-order valence-corrected chi connectivity index (χ4v) is 3.31. The lowest BCUT2D eigenvalue weighted by Crippen LogP contribution is -2.29. The van der Waals surface area contributed by atoms with Gasteiger partial charge in [-0.2, -0.15) is 0 Å². The van der Waals surface area contributed by atoms with Gasteiger partial charge in [0.1, 0.15) is 5.82 Å². The number of hydrogen-bond acceptors (Lipinski definition) is 2. The summed E-state index contributed by atoms with van der Waals surface area (Å²) >= 11 is 6.05. The van der Waals surface area contributed by atoms with Crippen molar-refractivity contribution in [3.63, 3.8) is 0 Å². The summed E-state index contributed by atoms with van der Waals surface area (Å²) in [6, 6.07) is 11.5. The molecule has 3 rings (SSSR count). The Morgan fingerprint density at radius 3 is 2.52 bits per heavy atom. The Morgan fingerprint density at radius 1 is 1.04 bits per heavy atom. The lowest BCUT2D eigenvalue weighted by atomic mass is 9.97. The summed E-state index contributed by atoms with van der Waals surface area (Å²) in [5.74, 6) is -0.587. The molecule has 0 unspecified atom stereocenters. The number of benzene rings is 2. The summed E-state index contributed by atoms with van der Waals surface area (Å²) in [7, 11) is 0. The molecular formula is C19H19ClFNO. The lowest BCUT2D eigenvalue weighted by molar-refractivity contribution is 0.103. The third kappa shape index (κ3) is 3.80. The van der Waals surface area contributed by atoms with Crippen LogP contribution in [0.4, 0.5) is 4.39 Å². The van der Waals surface area contributed by atoms with Gasteiger partial charge in [0, 0.05) is 17.7 Å². The van der Waals surface area contributed by atoms with E-state index in [4.69, 9.17) is 11.6 Å². The molecule has 4 heteroatoms. The zero-order valence-corrected chi connectivity index (χ0v) is 13.7. The molecule has 1 saturated heterocycles. The predicted molar refractivity (Wildman–Crippen MR) is 90.4 cm³/mol. The molecule has 1 aliphatic rings. The second-order valence-electron chi connectivity index (χ2n) is 5.95. The van der Waals surface area contributed by atoms with Gasteiger partial charge in [0.05, 0.1) is 5.02 Å². The van der Waals surface area contributed by atoms with Crippen LogP contribution in [0.1, 0.15) is 40.7 Å². The van der Waals surface area contributed by atoms with E-state index in [1.807, 2.05) is 24.3 Å². The molecule has 2 aromatic carbocycles. The zero-order chi connectivity index (χ0) is 16.2. The summed E-state index contributed by atoms with van der Waals surface area (Å²) in [6.45, 7) is 2.90. The number of ketones is 1. The normalized spacial score (nSPS) is 15.6. The molecule has 1 aliphatic heterocycles. The molecular weight excluding hydrogens is 313 g/mol. The minimum Gasteiger partial charge on any atom is -0.299 e. The number of hydrogen-bond donors (Lipinski definition) is 0. The standard InChI is InChI=1S/C19H19ClFNO/c20-18-12-15(21)8-9-17(18)19(23)16-7-3-2-6-14(16)13-22-10-4-1-5-11-22/h2-3,6-9,12H,1,4-5,10-11,13H2. The molecule has 1 heterocycles. The van der Waals surface area contributed by atoms with Crippen molar-refractivity contribution in [3.05, 3.63) is 70.0 Å². The van der Waals surface area contributed by atoms with Gasteiger partial charge in [-0.3, -0.25) is 9.69 Å². The van der Waals surface area contributed by atoms with Crippen molar-refractivity contribution in [1.29, 1.82) is 0 Å². The van der Waals surface area contributed by atoms with E-state index < -0.39 is 5.82 Å². The third-order valence-electron chi connectivity index (χ3n) is 4.28. The number of rotatable bonds is 4. The highest BCUT2D eigenvalue weighted by molar-refractivity contribution is 6.35. The Balaban J connectivity index is 1.88. The SMILES string of the molecule is O=C(c1ccc(F)cc1Cl)c1ccccc1CN1CCCCC1. The Kier molecular flexibility index (Phi) is 5.09. The number of nitrogens with zero attached hydrogens (tertiary/aromatic N) is 1. The average Bonchev–Trinajstić information content (AvgIpc) is 2.56. The molecule has 0 aromatic heterocycles. The van der Waals surface area contributed by atoms with E-state index in [2.05, 4.69) is 4.90 Å². The largest absolute Gasteiger partial charge is 0.299 e. The van der Waals surface area contributed by atoms with E-state index in [-0.39, 0.29) is 10.8 Å². The number of halogens is 2. The van der Waals surface area contributed by atoms with E-state index in [9.17, 15) is 9.18 Å². The van der Waals surface area contributed by atoms with Crippen LogP contribution >= 0.6 is 11.6 Å². The van der Waals surface area contributed by atoms with E-state index >= 15 is 0 Å². The smallest absolute Gasteiger partial charge is 0.194 e. The summed E-state index contributed by atoms with van der Waals surface area (Å²) in [5.41, 5.74) is 1.99. The highest BCUT2D eigenvalue weighted by atomic mass is 35.5. The van der Waals surface area contributed by atoms with Gasteiger partial charge < -0.3 is 0 Å². The second-order valence-corrected chi connectivity index (χ2v) is 6.35. The van der Waals surface area contributed by atoms with Crippen LogP contribution in [0, 0.1) is 5.82 Å². The minimum atomic E-state index is -0.437. The first kappa shape index (κ1) is 16.2. The van der Waals surface area contributed by atoms with E-state index in [1.165, 1.54) is 37.5 Å². The Morgan fingerprint density at radius 2 is 1.78 bits per heavy atom. The van der Waals surface area contributed by atoms with Gasteiger partial charge in [0.15, 0.2) is 5.78 Å². The number of likely N-dealkylation sites (tertiary alicyclic amines) is 1. The first-order valence-electron chi connectivity index (χ1n) is 7.95. The van der Waals surface area contributed by atoms with Crippen LogP contribution in [0.5, 0.6) is 0 Å². The number of piperidine rings is 1. The van der Waals surface area contributed by atoms with Crippen LogP contribution in [0.3, 0.4) is 0 Å². The highest BCUT2D eigenvalue weighted by Gasteiger charge is 2.18. The van der Waals surface area contributed by atoms with Crippen molar-refractivity contribution in [1.82, 2.24) is 4.90 Å². The van der Waals surface area contributed by atoms with Crippen LogP contribution in [0.15, 0.2) is 42.5 Å². The number of carbonyl (C=O) groups is 1. The van der Waals surface area contributed by atoms with Crippen LogP contribution in [-0.4, -0.2) is 23.8 Å². The zero-order valence-electron chi connectivity index (χ0n) is 12.9. The van der Waals surface area contributed by atoms with Crippen molar-refractivity contribution in [2.45, 2.75) is 25.8 Å². The van der Waals surface area contributed by atoms with Gasteiger partial charge in [-0.25, -0.2) is 4.39 Å². The molecule has 1 fully saturated rings. The molecule has 2 aromatic rings. The van der Waals surface area contributed by atoms with Crippen LogP contribution in [-0.2, 0) is 6.54 Å². The topological polar surface area (TPSA) is 20.3 Å². The van der Waals surface area contributed by atoms with Crippen LogP contribution in [0.25, 0.3) is 0 Å². The quantitative estimate of drug-likeness (QED) is 0.757. The second kappa shape index (κ2) is 7.24. The summed E-state index contributed by atoms with van der Waals surface area (Å²) in [4.78, 5) is 15.2. The van der Waals surface area contributed by atoms with Crippen molar-refractivity contribution in [2.24, 2.45) is 0 Å². The monoisotopic (exact) mass is 331 g/mol. The summed E-state index contributed by atoms with van der Waals surface area (Å²) in [6.07, 6.45) is 3.70. The average molecular weight is 332 g/mol. The maximum Gasteiger partial charge on any atom is 0.194 e. The molecule has 0 amide bonds. The van der Waals surface area contributed by atoms with Crippen molar-refractivity contribution in [3.8, 4) is 0 Å². The molecule has 0 bridgehead atoms. The van der Waals surface area contributed by atoms with Gasteiger partial charge in [0.2, 0.25) is 0 Å². The highest BCUT2D eigenvalue weighted by Crippen LogP contribution is 2.23. The van der Waals surface area contributed by atoms with E-state index in [0.29, 0.717) is 11.1 Å². The van der Waals surface area contributed by atoms with Gasteiger partial charge in [-0.1, -0.05) is 42.3 Å². The van der Waals surface area contributed by atoms with Crippen LogP contribution < -0.4 is 0 Å². The lowest BCUT2D eigenvalue weighted by Gasteiger charge is -2.27. The Labute approximate surface area is 140 Å². The molecule has 2 nitrogen and oxygen atoms in total. The molecule has 0 atom stereocenters. The van der Waals surface area contributed by atoms with Crippen molar-refractivity contribution >= 4 is 17.4 Å². The molecule has 120 valence electrons. The van der Waals surface area contributed by atoms with Crippen molar-refractivity contribution in [2.75, 3.05) is 13.1 Å². The number of carbonyl (C=O) groups excluding carboxylic acids is 1. The van der Waals surface area contributed by atoms with Crippen LogP contribution in [0.2, 0.25) is 5.02 Å². The summed E-state index contributed by atoms with van der Waals surface area (Å²) < 4.78 is 13.2. The maximum atomic E-state index is 13.2. The molecule has 0 spiro atoms. The minimum absolute atomic E-state index is 0.150. The van der Waals surface area contributed by atoms with Crippen molar-refractivity contribution < 1.29 is 9.18 Å². The molecule has 0 radical (unpaired) electrons. The predicted octanol–water partition coefficient (Wildman–Crippen LogP) is 4.70. The fourth-order valence-electron chi connectivity index (χ4n) is 3.06. The first-order valence-corrected chi connectivity index (χ1v) is 8.33. The van der Waals surface area contributed by atoms with Gasteiger partial charge in [-0.15, -0.1) is 0 Å². The Bertz CT molecular complexity index is 710. The summed E-state index contributed by atoms with van der Waals surface area (Å²) in [5, 5.41) is 0.155.